The summed E-state index contributed by atoms with van der Waals surface area (Å²) in [5, 5.41) is 19.8. The molecule has 7 heteroatoms. The summed E-state index contributed by atoms with van der Waals surface area (Å²) in [5.41, 5.74) is 5.97. The van der Waals surface area contributed by atoms with Crippen LogP contribution in [0.4, 0.5) is 11.5 Å². The summed E-state index contributed by atoms with van der Waals surface area (Å²) in [6.07, 6.45) is 2.05. The Hall–Kier alpha value is -2.20. The van der Waals surface area contributed by atoms with Crippen molar-refractivity contribution in [3.63, 3.8) is 0 Å². The molecule has 7 nitrogen and oxygen atoms in total. The van der Waals surface area contributed by atoms with Gasteiger partial charge in [0.2, 0.25) is 5.82 Å². The van der Waals surface area contributed by atoms with Crippen LogP contribution in [0.15, 0.2) is 12.3 Å². The zero-order valence-electron chi connectivity index (χ0n) is 11.9. The van der Waals surface area contributed by atoms with Crippen molar-refractivity contribution in [2.24, 2.45) is 11.7 Å². The Kier molecular flexibility index (Phi) is 5.41. The van der Waals surface area contributed by atoms with E-state index in [0.29, 0.717) is 18.9 Å². The maximum absolute atomic E-state index is 11.0. The molecule has 2 N–H and O–H groups in total. The lowest BCUT2D eigenvalue weighted by Gasteiger charge is -2.22. The first-order valence-corrected chi connectivity index (χ1v) is 6.38. The Morgan fingerprint density at radius 2 is 2.25 bits per heavy atom. The lowest BCUT2D eigenvalue weighted by Crippen LogP contribution is -2.32. The lowest BCUT2D eigenvalue weighted by molar-refractivity contribution is -0.384. The van der Waals surface area contributed by atoms with Crippen LogP contribution in [0.5, 0.6) is 0 Å². The van der Waals surface area contributed by atoms with Crippen LogP contribution < -0.4 is 10.6 Å². The second-order valence-electron chi connectivity index (χ2n) is 5.05. The second kappa shape index (κ2) is 6.82. The molecule has 0 bridgehead atoms. The third-order valence-corrected chi connectivity index (χ3v) is 3.19. The van der Waals surface area contributed by atoms with Gasteiger partial charge in [0.25, 0.3) is 0 Å². The third kappa shape index (κ3) is 3.90. The zero-order chi connectivity index (χ0) is 15.3. The van der Waals surface area contributed by atoms with Gasteiger partial charge in [-0.15, -0.1) is 0 Å². The molecule has 0 spiro atoms. The summed E-state index contributed by atoms with van der Waals surface area (Å²) in [6.45, 7) is 4.64. The van der Waals surface area contributed by atoms with Gasteiger partial charge in [0, 0.05) is 31.9 Å². The third-order valence-electron chi connectivity index (χ3n) is 3.19. The predicted octanol–water partition coefficient (Wildman–Crippen LogP) is 1.67. The fraction of sp³-hybridized carbons (Fsp3) is 0.538. The molecule has 1 aromatic rings. The molecule has 0 saturated heterocycles. The highest BCUT2D eigenvalue weighted by Crippen LogP contribution is 2.25. The van der Waals surface area contributed by atoms with Gasteiger partial charge in [-0.1, -0.05) is 13.8 Å². The Morgan fingerprint density at radius 1 is 1.60 bits per heavy atom. The molecule has 1 rings (SSSR count). The SMILES string of the molecule is CC(C)C(N)CCN(C)c1ncc(C#N)cc1[N+](=O)[O-]. The van der Waals surface area contributed by atoms with Crippen LogP contribution in [0.25, 0.3) is 0 Å². The monoisotopic (exact) mass is 277 g/mol. The minimum atomic E-state index is -0.526. The van der Waals surface area contributed by atoms with Gasteiger partial charge in [0.15, 0.2) is 0 Å². The van der Waals surface area contributed by atoms with Gasteiger partial charge < -0.3 is 10.6 Å². The minimum absolute atomic E-state index is 0.0369. The number of hydrogen-bond donors (Lipinski definition) is 1. The molecule has 0 aliphatic rings. The maximum atomic E-state index is 11.0. The van der Waals surface area contributed by atoms with Crippen LogP contribution in [-0.4, -0.2) is 29.5 Å². The number of nitriles is 1. The number of nitrogens with zero attached hydrogens (tertiary/aromatic N) is 4. The minimum Gasteiger partial charge on any atom is -0.354 e. The quantitative estimate of drug-likeness (QED) is 0.625. The molecule has 1 aromatic heterocycles. The van der Waals surface area contributed by atoms with E-state index in [1.807, 2.05) is 19.9 Å². The van der Waals surface area contributed by atoms with E-state index in [9.17, 15) is 10.1 Å². The molecule has 0 fully saturated rings. The highest BCUT2D eigenvalue weighted by Gasteiger charge is 2.20. The van der Waals surface area contributed by atoms with Crippen LogP contribution in [0.1, 0.15) is 25.8 Å². The van der Waals surface area contributed by atoms with Gasteiger partial charge in [-0.25, -0.2) is 4.98 Å². The van der Waals surface area contributed by atoms with E-state index in [4.69, 9.17) is 11.0 Å². The topological polar surface area (TPSA) is 109 Å². The van der Waals surface area contributed by atoms with E-state index >= 15 is 0 Å². The summed E-state index contributed by atoms with van der Waals surface area (Å²) in [4.78, 5) is 16.2. The van der Waals surface area contributed by atoms with E-state index in [-0.39, 0.29) is 23.1 Å². The molecule has 1 heterocycles. The van der Waals surface area contributed by atoms with Crippen molar-refractivity contribution in [3.05, 3.63) is 27.9 Å². The summed E-state index contributed by atoms with van der Waals surface area (Å²) < 4.78 is 0. The molecule has 1 unspecified atom stereocenters. The van der Waals surface area contributed by atoms with Gasteiger partial charge in [-0.2, -0.15) is 5.26 Å². The van der Waals surface area contributed by atoms with Crippen molar-refractivity contribution in [1.82, 2.24) is 4.98 Å². The number of anilines is 1. The van der Waals surface area contributed by atoms with Crippen molar-refractivity contribution in [2.75, 3.05) is 18.5 Å². The molecule has 0 aliphatic heterocycles. The molecule has 0 amide bonds. The molecule has 0 aliphatic carbocycles. The van der Waals surface area contributed by atoms with E-state index < -0.39 is 4.92 Å². The van der Waals surface area contributed by atoms with Crippen LogP contribution in [0, 0.1) is 27.4 Å². The highest BCUT2D eigenvalue weighted by atomic mass is 16.6. The maximum Gasteiger partial charge on any atom is 0.312 e. The summed E-state index contributed by atoms with van der Waals surface area (Å²) in [6, 6.07) is 3.12. The molecular weight excluding hydrogens is 258 g/mol. The number of hydrogen-bond acceptors (Lipinski definition) is 6. The number of nitro groups is 1. The van der Waals surface area contributed by atoms with Gasteiger partial charge in [0.1, 0.15) is 6.07 Å². The van der Waals surface area contributed by atoms with Crippen molar-refractivity contribution in [1.29, 1.82) is 5.26 Å². The molecule has 1 atom stereocenters. The van der Waals surface area contributed by atoms with Gasteiger partial charge in [-0.05, 0) is 12.3 Å². The van der Waals surface area contributed by atoms with Gasteiger partial charge in [0.05, 0.1) is 10.5 Å². The van der Waals surface area contributed by atoms with Crippen LogP contribution in [-0.2, 0) is 0 Å². The second-order valence-corrected chi connectivity index (χ2v) is 5.05. The number of nitrogens with two attached hydrogens (primary N) is 1. The van der Waals surface area contributed by atoms with Gasteiger partial charge in [-0.3, -0.25) is 10.1 Å². The fourth-order valence-electron chi connectivity index (χ4n) is 1.72. The Labute approximate surface area is 118 Å². The first kappa shape index (κ1) is 15.9. The van der Waals surface area contributed by atoms with E-state index in [0.717, 1.165) is 0 Å². The Bertz CT molecular complexity index is 524. The fourth-order valence-corrected chi connectivity index (χ4v) is 1.72. The lowest BCUT2D eigenvalue weighted by atomic mass is 10.0. The summed E-state index contributed by atoms with van der Waals surface area (Å²) in [5.74, 6) is 0.609. The molecule has 0 saturated carbocycles. The van der Waals surface area contributed by atoms with E-state index in [1.54, 1.807) is 11.9 Å². The summed E-state index contributed by atoms with van der Waals surface area (Å²) in [7, 11) is 1.73. The molecule has 20 heavy (non-hydrogen) atoms. The van der Waals surface area contributed by atoms with Crippen LogP contribution in [0.2, 0.25) is 0 Å². The number of rotatable bonds is 6. The van der Waals surface area contributed by atoms with Crippen molar-refractivity contribution in [2.45, 2.75) is 26.3 Å². The summed E-state index contributed by atoms with van der Waals surface area (Å²) >= 11 is 0. The van der Waals surface area contributed by atoms with Crippen molar-refractivity contribution >= 4 is 11.5 Å². The number of pyridine rings is 1. The Morgan fingerprint density at radius 3 is 2.75 bits per heavy atom. The van der Waals surface area contributed by atoms with Crippen molar-refractivity contribution < 1.29 is 4.92 Å². The Balaban J connectivity index is 2.90. The molecule has 0 aromatic carbocycles. The van der Waals surface area contributed by atoms with E-state index in [2.05, 4.69) is 4.98 Å². The highest BCUT2D eigenvalue weighted by molar-refractivity contribution is 5.59. The zero-order valence-corrected chi connectivity index (χ0v) is 11.9. The molecule has 0 radical (unpaired) electrons. The first-order chi connectivity index (χ1) is 9.36. The molecule has 108 valence electrons. The average molecular weight is 277 g/mol. The smallest absolute Gasteiger partial charge is 0.312 e. The van der Waals surface area contributed by atoms with Crippen LogP contribution >= 0.6 is 0 Å². The first-order valence-electron chi connectivity index (χ1n) is 6.38. The van der Waals surface area contributed by atoms with Gasteiger partial charge >= 0.3 is 5.69 Å². The van der Waals surface area contributed by atoms with Crippen LogP contribution in [0.3, 0.4) is 0 Å². The largest absolute Gasteiger partial charge is 0.354 e. The van der Waals surface area contributed by atoms with Crippen molar-refractivity contribution in [3.8, 4) is 6.07 Å². The predicted molar refractivity (Wildman–Crippen MR) is 76.3 cm³/mol. The molecular formula is C13H19N5O2. The van der Waals surface area contributed by atoms with E-state index in [1.165, 1.54) is 12.3 Å². The normalized spacial score (nSPS) is 12.0. The number of aromatic nitrogens is 1. The standard InChI is InChI=1S/C13H19N5O2/c1-9(2)11(15)4-5-17(3)13-12(18(19)20)6-10(7-14)8-16-13/h6,8-9,11H,4-5,15H2,1-3H3. The average Bonchev–Trinajstić information content (AvgIpc) is 2.43.